The van der Waals surface area contributed by atoms with Gasteiger partial charge in [-0.3, -0.25) is 0 Å². The van der Waals surface area contributed by atoms with Gasteiger partial charge >= 0.3 is 0 Å². The molecule has 1 N–H and O–H groups in total. The molecule has 17 heavy (non-hydrogen) atoms. The number of hydrogen-bond acceptors (Lipinski definition) is 4. The SMILES string of the molecule is OCC#Cc1ccsc1CSCC1CCCO1. The molecular weight excluding hydrogens is 252 g/mol. The van der Waals surface area contributed by atoms with Crippen LogP contribution < -0.4 is 0 Å². The molecule has 0 amide bonds. The number of ether oxygens (including phenoxy) is 1. The van der Waals surface area contributed by atoms with E-state index in [0.717, 1.165) is 23.7 Å². The van der Waals surface area contributed by atoms with Crippen LogP contribution in [0.2, 0.25) is 0 Å². The fourth-order valence-electron chi connectivity index (χ4n) is 1.76. The van der Waals surface area contributed by atoms with E-state index >= 15 is 0 Å². The predicted molar refractivity (Wildman–Crippen MR) is 73.4 cm³/mol. The third-order valence-electron chi connectivity index (χ3n) is 2.61. The maximum Gasteiger partial charge on any atom is 0.104 e. The molecule has 4 heteroatoms. The van der Waals surface area contributed by atoms with E-state index in [0.29, 0.717) is 6.10 Å². The molecule has 1 aromatic rings. The molecule has 1 aliphatic rings. The van der Waals surface area contributed by atoms with Gasteiger partial charge in [0.15, 0.2) is 0 Å². The summed E-state index contributed by atoms with van der Waals surface area (Å²) < 4.78 is 5.59. The lowest BCUT2D eigenvalue weighted by Crippen LogP contribution is -2.07. The van der Waals surface area contributed by atoms with Gasteiger partial charge in [-0.15, -0.1) is 11.3 Å². The Hall–Kier alpha value is -0.470. The number of rotatable bonds is 4. The van der Waals surface area contributed by atoms with Crippen molar-refractivity contribution in [2.24, 2.45) is 0 Å². The molecule has 2 heterocycles. The summed E-state index contributed by atoms with van der Waals surface area (Å²) >= 11 is 3.65. The van der Waals surface area contributed by atoms with Crippen LogP contribution in [0.4, 0.5) is 0 Å². The molecule has 0 bridgehead atoms. The monoisotopic (exact) mass is 268 g/mol. The predicted octanol–water partition coefficient (Wildman–Crippen LogP) is 2.50. The molecule has 1 atom stereocenters. The van der Waals surface area contributed by atoms with Gasteiger partial charge in [-0.25, -0.2) is 0 Å². The van der Waals surface area contributed by atoms with E-state index in [4.69, 9.17) is 9.84 Å². The number of aliphatic hydroxyl groups is 1. The molecule has 1 aromatic heterocycles. The van der Waals surface area contributed by atoms with Crippen molar-refractivity contribution in [3.63, 3.8) is 0 Å². The number of aliphatic hydroxyl groups excluding tert-OH is 1. The first kappa shape index (κ1) is 13.0. The highest BCUT2D eigenvalue weighted by atomic mass is 32.2. The number of thiophene rings is 1. The topological polar surface area (TPSA) is 29.5 Å². The van der Waals surface area contributed by atoms with Crippen LogP contribution in [0.3, 0.4) is 0 Å². The normalized spacial score (nSPS) is 19.0. The standard InChI is InChI=1S/C13H16O2S2/c14-6-1-3-11-5-8-17-13(11)10-16-9-12-4-2-7-15-12/h5,8,12,14H,2,4,6-7,9-10H2. The smallest absolute Gasteiger partial charge is 0.104 e. The molecule has 1 unspecified atom stereocenters. The van der Waals surface area contributed by atoms with Crippen LogP contribution in [0.15, 0.2) is 11.4 Å². The molecule has 0 spiro atoms. The van der Waals surface area contributed by atoms with E-state index in [1.54, 1.807) is 11.3 Å². The van der Waals surface area contributed by atoms with Gasteiger partial charge in [0.05, 0.1) is 6.10 Å². The third-order valence-corrected chi connectivity index (χ3v) is 4.81. The quantitative estimate of drug-likeness (QED) is 0.851. The second-order valence-corrected chi connectivity index (χ2v) is 5.90. The zero-order chi connectivity index (χ0) is 11.9. The summed E-state index contributed by atoms with van der Waals surface area (Å²) in [5.41, 5.74) is 1.06. The minimum absolute atomic E-state index is 0.0711. The number of thioether (sulfide) groups is 1. The largest absolute Gasteiger partial charge is 0.384 e. The summed E-state index contributed by atoms with van der Waals surface area (Å²) in [5.74, 6) is 7.76. The van der Waals surface area contributed by atoms with Crippen molar-refractivity contribution in [1.29, 1.82) is 0 Å². The highest BCUT2D eigenvalue weighted by molar-refractivity contribution is 7.98. The molecule has 92 valence electrons. The van der Waals surface area contributed by atoms with Crippen molar-refractivity contribution in [3.05, 3.63) is 21.9 Å². The van der Waals surface area contributed by atoms with E-state index in [9.17, 15) is 0 Å². The Bertz CT molecular complexity index is 397. The van der Waals surface area contributed by atoms with Crippen LogP contribution in [-0.2, 0) is 10.5 Å². The fraction of sp³-hybridized carbons (Fsp3) is 0.538. The molecule has 1 aliphatic heterocycles. The first-order chi connectivity index (χ1) is 8.40. The molecule has 0 aromatic carbocycles. The van der Waals surface area contributed by atoms with Crippen LogP contribution in [0, 0.1) is 11.8 Å². The Balaban J connectivity index is 1.79. The summed E-state index contributed by atoms with van der Waals surface area (Å²) in [4.78, 5) is 1.30. The second-order valence-electron chi connectivity index (χ2n) is 3.87. The summed E-state index contributed by atoms with van der Waals surface area (Å²) in [6.45, 7) is 0.857. The zero-order valence-electron chi connectivity index (χ0n) is 9.65. The molecule has 2 nitrogen and oxygen atoms in total. The van der Waals surface area contributed by atoms with Gasteiger partial charge in [-0.2, -0.15) is 11.8 Å². The van der Waals surface area contributed by atoms with Gasteiger partial charge in [-0.1, -0.05) is 11.8 Å². The third kappa shape index (κ3) is 4.04. The summed E-state index contributed by atoms with van der Waals surface area (Å²) in [6, 6.07) is 2.02. The summed E-state index contributed by atoms with van der Waals surface area (Å²) in [7, 11) is 0. The van der Waals surface area contributed by atoms with Crippen molar-refractivity contribution in [2.75, 3.05) is 19.0 Å². The molecule has 1 saturated heterocycles. The van der Waals surface area contributed by atoms with E-state index < -0.39 is 0 Å². The Morgan fingerprint density at radius 3 is 3.29 bits per heavy atom. The average molecular weight is 268 g/mol. The molecule has 2 rings (SSSR count). The van der Waals surface area contributed by atoms with Gasteiger partial charge in [0.2, 0.25) is 0 Å². The highest BCUT2D eigenvalue weighted by Gasteiger charge is 2.15. The van der Waals surface area contributed by atoms with Gasteiger partial charge in [-0.05, 0) is 24.3 Å². The van der Waals surface area contributed by atoms with E-state index in [1.807, 2.05) is 17.8 Å². The minimum Gasteiger partial charge on any atom is -0.384 e. The van der Waals surface area contributed by atoms with Crippen LogP contribution in [-0.4, -0.2) is 30.2 Å². The van der Waals surface area contributed by atoms with Crippen LogP contribution in [0.5, 0.6) is 0 Å². The number of hydrogen-bond donors (Lipinski definition) is 1. The zero-order valence-corrected chi connectivity index (χ0v) is 11.3. The molecule has 0 saturated carbocycles. The van der Waals surface area contributed by atoms with Gasteiger partial charge < -0.3 is 9.84 Å². The summed E-state index contributed by atoms with van der Waals surface area (Å²) in [5, 5.41) is 10.7. The molecule has 1 fully saturated rings. The lowest BCUT2D eigenvalue weighted by molar-refractivity contribution is 0.129. The van der Waals surface area contributed by atoms with Gasteiger partial charge in [0.1, 0.15) is 6.61 Å². The van der Waals surface area contributed by atoms with Crippen molar-refractivity contribution in [3.8, 4) is 11.8 Å². The minimum atomic E-state index is -0.0711. The lowest BCUT2D eigenvalue weighted by Gasteiger charge is -2.07. The first-order valence-electron chi connectivity index (χ1n) is 5.75. The average Bonchev–Trinajstić information content (AvgIpc) is 2.98. The van der Waals surface area contributed by atoms with E-state index in [1.165, 1.54) is 17.7 Å². The Labute approximate surface area is 110 Å². The second kappa shape index (κ2) is 7.07. The Morgan fingerprint density at radius 1 is 1.59 bits per heavy atom. The maximum absolute atomic E-state index is 8.68. The Morgan fingerprint density at radius 2 is 2.53 bits per heavy atom. The van der Waals surface area contributed by atoms with Crippen molar-refractivity contribution in [1.82, 2.24) is 0 Å². The van der Waals surface area contributed by atoms with Gasteiger partial charge in [0, 0.05) is 28.6 Å². The summed E-state index contributed by atoms with van der Waals surface area (Å²) in [6.07, 6.45) is 2.86. The molecule has 0 aliphatic carbocycles. The molecular formula is C13H16O2S2. The van der Waals surface area contributed by atoms with E-state index in [-0.39, 0.29) is 6.61 Å². The van der Waals surface area contributed by atoms with Gasteiger partial charge in [0.25, 0.3) is 0 Å². The van der Waals surface area contributed by atoms with E-state index in [2.05, 4.69) is 17.2 Å². The lowest BCUT2D eigenvalue weighted by atomic mass is 10.3. The van der Waals surface area contributed by atoms with Crippen molar-refractivity contribution >= 4 is 23.1 Å². The van der Waals surface area contributed by atoms with Crippen molar-refractivity contribution in [2.45, 2.75) is 24.7 Å². The highest BCUT2D eigenvalue weighted by Crippen LogP contribution is 2.24. The van der Waals surface area contributed by atoms with Crippen LogP contribution >= 0.6 is 23.1 Å². The van der Waals surface area contributed by atoms with Crippen molar-refractivity contribution < 1.29 is 9.84 Å². The fourth-order valence-corrected chi connectivity index (χ4v) is 3.88. The Kier molecular flexibility index (Phi) is 5.40. The van der Waals surface area contributed by atoms with Crippen LogP contribution in [0.25, 0.3) is 0 Å². The molecule has 0 radical (unpaired) electrons. The van der Waals surface area contributed by atoms with Crippen LogP contribution in [0.1, 0.15) is 23.3 Å². The maximum atomic E-state index is 8.68. The first-order valence-corrected chi connectivity index (χ1v) is 7.79.